The molecule has 22 heavy (non-hydrogen) atoms. The van der Waals surface area contributed by atoms with E-state index < -0.39 is 0 Å². The van der Waals surface area contributed by atoms with Gasteiger partial charge in [0, 0.05) is 5.92 Å². The fourth-order valence-electron chi connectivity index (χ4n) is 2.39. The van der Waals surface area contributed by atoms with E-state index >= 15 is 0 Å². The van der Waals surface area contributed by atoms with Crippen molar-refractivity contribution in [2.45, 2.75) is 19.3 Å². The third-order valence-electron chi connectivity index (χ3n) is 3.67. The molecule has 0 amide bonds. The number of carbonyl (C=O) groups is 1. The Labute approximate surface area is 132 Å². The summed E-state index contributed by atoms with van der Waals surface area (Å²) in [6, 6.07) is 15.5. The number of ether oxygens (including phenoxy) is 1. The topological polar surface area (TPSA) is 52.1 Å². The van der Waals surface area contributed by atoms with Gasteiger partial charge in [0.15, 0.2) is 0 Å². The van der Waals surface area contributed by atoms with Gasteiger partial charge in [0.1, 0.15) is 5.52 Å². The van der Waals surface area contributed by atoms with Crippen molar-refractivity contribution in [2.24, 2.45) is 0 Å². The van der Waals surface area contributed by atoms with Crippen LogP contribution in [0.25, 0.3) is 10.2 Å². The lowest BCUT2D eigenvalue weighted by Crippen LogP contribution is -2.12. The quantitative estimate of drug-likeness (QED) is 0.667. The standard InChI is InChI=1S/C17H16N2O2S/c1-2-12(13-7-4-3-5-8-13)11-21-17(20)14-9-6-10-15-16(14)22-19-18-15/h3-10,12H,2,11H2,1H3. The third kappa shape index (κ3) is 2.99. The lowest BCUT2D eigenvalue weighted by molar-refractivity contribution is 0.0480. The fourth-order valence-corrected chi connectivity index (χ4v) is 3.06. The molecule has 0 aliphatic rings. The molecule has 0 saturated carbocycles. The van der Waals surface area contributed by atoms with E-state index in [1.165, 1.54) is 17.1 Å². The SMILES string of the molecule is CCC(COC(=O)c1cccc2nnsc12)c1ccccc1. The van der Waals surface area contributed by atoms with Crippen LogP contribution in [0.15, 0.2) is 48.5 Å². The first kappa shape index (κ1) is 14.7. The zero-order valence-electron chi connectivity index (χ0n) is 12.2. The van der Waals surface area contributed by atoms with Gasteiger partial charge in [-0.15, -0.1) is 5.10 Å². The highest BCUT2D eigenvalue weighted by atomic mass is 32.1. The van der Waals surface area contributed by atoms with Crippen LogP contribution in [0.5, 0.6) is 0 Å². The Kier molecular flexibility index (Phi) is 4.44. The Balaban J connectivity index is 1.73. The Hall–Kier alpha value is -2.27. The second kappa shape index (κ2) is 6.66. The molecule has 3 rings (SSSR count). The van der Waals surface area contributed by atoms with Gasteiger partial charge in [-0.05, 0) is 35.6 Å². The number of hydrogen-bond acceptors (Lipinski definition) is 5. The number of nitrogens with zero attached hydrogens (tertiary/aromatic N) is 2. The molecule has 0 bridgehead atoms. The maximum absolute atomic E-state index is 12.3. The van der Waals surface area contributed by atoms with E-state index in [1.807, 2.05) is 24.3 Å². The third-order valence-corrected chi connectivity index (χ3v) is 4.45. The minimum atomic E-state index is -0.314. The molecule has 0 spiro atoms. The summed E-state index contributed by atoms with van der Waals surface area (Å²) in [6.45, 7) is 2.47. The summed E-state index contributed by atoms with van der Waals surface area (Å²) in [5.74, 6) is -0.102. The molecule has 1 unspecified atom stereocenters. The summed E-state index contributed by atoms with van der Waals surface area (Å²) >= 11 is 1.22. The Morgan fingerprint density at radius 3 is 2.77 bits per heavy atom. The summed E-state index contributed by atoms with van der Waals surface area (Å²) in [6.07, 6.45) is 0.920. The highest BCUT2D eigenvalue weighted by Gasteiger charge is 2.16. The van der Waals surface area contributed by atoms with Crippen molar-refractivity contribution >= 4 is 27.7 Å². The van der Waals surface area contributed by atoms with Crippen molar-refractivity contribution in [3.8, 4) is 0 Å². The van der Waals surface area contributed by atoms with E-state index in [9.17, 15) is 4.79 Å². The van der Waals surface area contributed by atoms with E-state index in [0.717, 1.165) is 16.6 Å². The summed E-state index contributed by atoms with van der Waals surface area (Å²) in [5, 5.41) is 3.98. The van der Waals surface area contributed by atoms with Gasteiger partial charge in [-0.1, -0.05) is 47.8 Å². The molecule has 3 aromatic rings. The number of carbonyl (C=O) groups excluding carboxylic acids is 1. The molecule has 5 heteroatoms. The maximum atomic E-state index is 12.3. The molecule has 112 valence electrons. The fraction of sp³-hybridized carbons (Fsp3) is 0.235. The zero-order valence-corrected chi connectivity index (χ0v) is 13.0. The average molecular weight is 312 g/mol. The number of aromatic nitrogens is 2. The molecule has 1 heterocycles. The number of hydrogen-bond donors (Lipinski definition) is 0. The van der Waals surface area contributed by atoms with Crippen LogP contribution in [0.3, 0.4) is 0 Å². The van der Waals surface area contributed by atoms with Gasteiger partial charge in [0.2, 0.25) is 0 Å². The van der Waals surface area contributed by atoms with Crippen LogP contribution in [0, 0.1) is 0 Å². The lowest BCUT2D eigenvalue weighted by atomic mass is 9.97. The van der Waals surface area contributed by atoms with Gasteiger partial charge in [-0.3, -0.25) is 0 Å². The summed E-state index contributed by atoms with van der Waals surface area (Å²) in [4.78, 5) is 12.3. The largest absolute Gasteiger partial charge is 0.461 e. The second-order valence-electron chi connectivity index (χ2n) is 5.04. The molecule has 1 aromatic heterocycles. The van der Waals surface area contributed by atoms with Crippen LogP contribution in [-0.2, 0) is 4.74 Å². The van der Waals surface area contributed by atoms with Crippen molar-refractivity contribution < 1.29 is 9.53 Å². The molecular weight excluding hydrogens is 296 g/mol. The van der Waals surface area contributed by atoms with Gasteiger partial charge < -0.3 is 4.74 Å². The second-order valence-corrected chi connectivity index (χ2v) is 5.80. The Morgan fingerprint density at radius 2 is 2.00 bits per heavy atom. The summed E-state index contributed by atoms with van der Waals surface area (Å²) in [5.41, 5.74) is 2.46. The van der Waals surface area contributed by atoms with Crippen LogP contribution in [0.1, 0.15) is 35.2 Å². The van der Waals surface area contributed by atoms with Crippen molar-refractivity contribution in [3.05, 3.63) is 59.7 Å². The van der Waals surface area contributed by atoms with E-state index in [2.05, 4.69) is 28.6 Å². The van der Waals surface area contributed by atoms with Crippen LogP contribution in [0.4, 0.5) is 0 Å². The average Bonchev–Trinajstić information content (AvgIpc) is 3.04. The number of esters is 1. The van der Waals surface area contributed by atoms with Crippen molar-refractivity contribution in [3.63, 3.8) is 0 Å². The molecule has 1 atom stereocenters. The smallest absolute Gasteiger partial charge is 0.339 e. The first-order chi connectivity index (χ1) is 10.8. The highest BCUT2D eigenvalue weighted by Crippen LogP contribution is 2.23. The van der Waals surface area contributed by atoms with E-state index in [1.54, 1.807) is 12.1 Å². The highest BCUT2D eigenvalue weighted by molar-refractivity contribution is 7.13. The minimum absolute atomic E-state index is 0.212. The van der Waals surface area contributed by atoms with Crippen molar-refractivity contribution in [1.29, 1.82) is 0 Å². The monoisotopic (exact) mass is 312 g/mol. The predicted molar refractivity (Wildman–Crippen MR) is 87.2 cm³/mol. The van der Waals surface area contributed by atoms with Crippen LogP contribution in [0.2, 0.25) is 0 Å². The predicted octanol–water partition coefficient (Wildman–Crippen LogP) is 4.04. The minimum Gasteiger partial charge on any atom is -0.461 e. The van der Waals surface area contributed by atoms with Crippen LogP contribution < -0.4 is 0 Å². The first-order valence-electron chi connectivity index (χ1n) is 7.22. The van der Waals surface area contributed by atoms with Crippen molar-refractivity contribution in [2.75, 3.05) is 6.61 Å². The van der Waals surface area contributed by atoms with E-state index in [4.69, 9.17) is 4.74 Å². The van der Waals surface area contributed by atoms with E-state index in [-0.39, 0.29) is 11.9 Å². The maximum Gasteiger partial charge on any atom is 0.339 e. The Morgan fingerprint density at radius 1 is 1.18 bits per heavy atom. The van der Waals surface area contributed by atoms with Gasteiger partial charge in [0.25, 0.3) is 0 Å². The first-order valence-corrected chi connectivity index (χ1v) is 8.00. The molecule has 0 fully saturated rings. The summed E-state index contributed by atoms with van der Waals surface area (Å²) in [7, 11) is 0. The molecule has 0 saturated heterocycles. The van der Waals surface area contributed by atoms with Gasteiger partial charge in [0.05, 0.1) is 16.9 Å². The molecule has 0 aliphatic carbocycles. The number of fused-ring (bicyclic) bond motifs is 1. The van der Waals surface area contributed by atoms with Gasteiger partial charge in [-0.25, -0.2) is 4.79 Å². The number of benzene rings is 2. The molecule has 4 nitrogen and oxygen atoms in total. The Bertz CT molecular complexity index is 770. The van der Waals surface area contributed by atoms with Crippen molar-refractivity contribution in [1.82, 2.24) is 9.59 Å². The lowest BCUT2D eigenvalue weighted by Gasteiger charge is -2.15. The molecule has 0 radical (unpaired) electrons. The zero-order chi connectivity index (χ0) is 15.4. The van der Waals surface area contributed by atoms with E-state index in [0.29, 0.717) is 12.2 Å². The van der Waals surface area contributed by atoms with Gasteiger partial charge in [-0.2, -0.15) is 0 Å². The molecule has 0 aliphatic heterocycles. The molecule has 2 aromatic carbocycles. The normalized spacial score (nSPS) is 12.2. The van der Waals surface area contributed by atoms with Crippen LogP contribution >= 0.6 is 11.5 Å². The molecule has 0 N–H and O–H groups in total. The summed E-state index contributed by atoms with van der Waals surface area (Å²) < 4.78 is 10.2. The van der Waals surface area contributed by atoms with Gasteiger partial charge >= 0.3 is 5.97 Å². The molecular formula is C17H16N2O2S. The van der Waals surface area contributed by atoms with Crippen LogP contribution in [-0.4, -0.2) is 22.2 Å². The number of rotatable bonds is 5.